The van der Waals surface area contributed by atoms with Gasteiger partial charge in [0.1, 0.15) is 12.2 Å². The third kappa shape index (κ3) is 8.67. The van der Waals surface area contributed by atoms with E-state index in [-0.39, 0.29) is 12.6 Å². The predicted octanol–water partition coefficient (Wildman–Crippen LogP) is 2.95. The lowest BCUT2D eigenvalue weighted by Gasteiger charge is -2.19. The maximum absolute atomic E-state index is 11.4. The van der Waals surface area contributed by atoms with Gasteiger partial charge in [-0.15, -0.1) is 0 Å². The van der Waals surface area contributed by atoms with E-state index in [1.54, 1.807) is 0 Å². The SMILES string of the molecule is CC(C)(C)OC(=O)COCCCOCc1ccccc1. The van der Waals surface area contributed by atoms with Crippen molar-refractivity contribution in [1.29, 1.82) is 0 Å². The van der Waals surface area contributed by atoms with E-state index in [9.17, 15) is 4.79 Å². The van der Waals surface area contributed by atoms with Crippen LogP contribution in [0.5, 0.6) is 0 Å². The van der Waals surface area contributed by atoms with Crippen molar-refractivity contribution in [3.05, 3.63) is 35.9 Å². The van der Waals surface area contributed by atoms with Crippen molar-refractivity contribution < 1.29 is 19.0 Å². The van der Waals surface area contributed by atoms with E-state index in [4.69, 9.17) is 14.2 Å². The maximum atomic E-state index is 11.4. The Labute approximate surface area is 121 Å². The minimum Gasteiger partial charge on any atom is -0.458 e. The Bertz CT molecular complexity index is 381. The van der Waals surface area contributed by atoms with Gasteiger partial charge < -0.3 is 14.2 Å². The van der Waals surface area contributed by atoms with Crippen LogP contribution in [0.25, 0.3) is 0 Å². The van der Waals surface area contributed by atoms with Gasteiger partial charge in [-0.2, -0.15) is 0 Å². The highest BCUT2D eigenvalue weighted by molar-refractivity contribution is 5.71. The minimum absolute atomic E-state index is 0.00401. The zero-order valence-corrected chi connectivity index (χ0v) is 12.6. The smallest absolute Gasteiger partial charge is 0.332 e. The monoisotopic (exact) mass is 280 g/mol. The number of carbonyl (C=O) groups excluding carboxylic acids is 1. The molecule has 112 valence electrons. The third-order valence-corrected chi connectivity index (χ3v) is 2.33. The molecule has 0 radical (unpaired) electrons. The molecular weight excluding hydrogens is 256 g/mol. The highest BCUT2D eigenvalue weighted by Gasteiger charge is 2.15. The van der Waals surface area contributed by atoms with E-state index in [1.807, 2.05) is 51.1 Å². The number of hydrogen-bond donors (Lipinski definition) is 0. The second kappa shape index (κ2) is 8.72. The number of esters is 1. The molecule has 0 bridgehead atoms. The van der Waals surface area contributed by atoms with Gasteiger partial charge in [0.15, 0.2) is 0 Å². The van der Waals surface area contributed by atoms with Crippen LogP contribution in [0.4, 0.5) is 0 Å². The zero-order chi connectivity index (χ0) is 14.8. The second-order valence-electron chi connectivity index (χ2n) is 5.53. The van der Waals surface area contributed by atoms with E-state index >= 15 is 0 Å². The summed E-state index contributed by atoms with van der Waals surface area (Å²) in [7, 11) is 0. The third-order valence-electron chi connectivity index (χ3n) is 2.33. The summed E-state index contributed by atoms with van der Waals surface area (Å²) in [6.07, 6.45) is 0.760. The van der Waals surface area contributed by atoms with Crippen molar-refractivity contribution >= 4 is 5.97 Å². The molecule has 20 heavy (non-hydrogen) atoms. The van der Waals surface area contributed by atoms with Crippen molar-refractivity contribution in [2.24, 2.45) is 0 Å². The minimum atomic E-state index is -0.459. The molecule has 0 saturated carbocycles. The van der Waals surface area contributed by atoms with Crippen LogP contribution >= 0.6 is 0 Å². The molecule has 0 heterocycles. The average Bonchev–Trinajstić information content (AvgIpc) is 2.37. The van der Waals surface area contributed by atoms with Crippen LogP contribution in [0.1, 0.15) is 32.8 Å². The van der Waals surface area contributed by atoms with E-state index < -0.39 is 5.60 Å². The molecule has 0 aromatic heterocycles. The lowest BCUT2D eigenvalue weighted by Crippen LogP contribution is -2.26. The van der Waals surface area contributed by atoms with E-state index in [0.717, 1.165) is 12.0 Å². The Hall–Kier alpha value is -1.39. The zero-order valence-electron chi connectivity index (χ0n) is 12.6. The average molecular weight is 280 g/mol. The first-order chi connectivity index (χ1) is 9.47. The van der Waals surface area contributed by atoms with Crippen LogP contribution in [0.3, 0.4) is 0 Å². The molecule has 0 fully saturated rings. The molecule has 1 aromatic carbocycles. The lowest BCUT2D eigenvalue weighted by atomic mass is 10.2. The fraction of sp³-hybridized carbons (Fsp3) is 0.562. The Morgan fingerprint density at radius 1 is 1.05 bits per heavy atom. The van der Waals surface area contributed by atoms with Crippen molar-refractivity contribution in [1.82, 2.24) is 0 Å². The molecule has 0 spiro atoms. The van der Waals surface area contributed by atoms with Gasteiger partial charge in [0.2, 0.25) is 0 Å². The maximum Gasteiger partial charge on any atom is 0.332 e. The molecule has 4 nitrogen and oxygen atoms in total. The number of ether oxygens (including phenoxy) is 3. The molecule has 0 unspecified atom stereocenters. The normalized spacial score (nSPS) is 11.3. The van der Waals surface area contributed by atoms with Gasteiger partial charge in [0.25, 0.3) is 0 Å². The summed E-state index contributed by atoms with van der Waals surface area (Å²) in [6.45, 7) is 7.22. The number of hydrogen-bond acceptors (Lipinski definition) is 4. The topological polar surface area (TPSA) is 44.8 Å². The molecule has 0 saturated heterocycles. The predicted molar refractivity (Wildman–Crippen MR) is 77.4 cm³/mol. The first-order valence-corrected chi connectivity index (χ1v) is 6.88. The van der Waals surface area contributed by atoms with Crippen LogP contribution < -0.4 is 0 Å². The molecule has 0 amide bonds. The van der Waals surface area contributed by atoms with Crippen molar-refractivity contribution in [3.8, 4) is 0 Å². The highest BCUT2D eigenvalue weighted by Crippen LogP contribution is 2.06. The van der Waals surface area contributed by atoms with E-state index in [1.165, 1.54) is 0 Å². The summed E-state index contributed by atoms with van der Waals surface area (Å²) in [5.41, 5.74) is 0.696. The quantitative estimate of drug-likeness (QED) is 0.542. The van der Waals surface area contributed by atoms with Gasteiger partial charge in [-0.3, -0.25) is 0 Å². The number of benzene rings is 1. The Morgan fingerprint density at radius 2 is 1.70 bits per heavy atom. The van der Waals surface area contributed by atoms with Crippen molar-refractivity contribution in [3.63, 3.8) is 0 Å². The number of rotatable bonds is 8. The van der Waals surface area contributed by atoms with Crippen LogP contribution in [0.2, 0.25) is 0 Å². The summed E-state index contributed by atoms with van der Waals surface area (Å²) in [6, 6.07) is 10.0. The van der Waals surface area contributed by atoms with E-state index in [2.05, 4.69) is 0 Å². The molecule has 0 aliphatic rings. The first-order valence-electron chi connectivity index (χ1n) is 6.88. The fourth-order valence-electron chi connectivity index (χ4n) is 1.55. The van der Waals surface area contributed by atoms with Crippen molar-refractivity contribution in [2.75, 3.05) is 19.8 Å². The molecule has 0 atom stereocenters. The van der Waals surface area contributed by atoms with Gasteiger partial charge in [-0.1, -0.05) is 30.3 Å². The van der Waals surface area contributed by atoms with Gasteiger partial charge in [-0.05, 0) is 32.8 Å². The van der Waals surface area contributed by atoms with Gasteiger partial charge in [0.05, 0.1) is 6.61 Å². The molecular formula is C16H24O4. The summed E-state index contributed by atoms with van der Waals surface area (Å²) in [4.78, 5) is 11.4. The summed E-state index contributed by atoms with van der Waals surface area (Å²) in [5.74, 6) is -0.331. The van der Waals surface area contributed by atoms with Crippen molar-refractivity contribution in [2.45, 2.75) is 39.4 Å². The lowest BCUT2D eigenvalue weighted by molar-refractivity contribution is -0.160. The molecule has 1 aromatic rings. The molecule has 1 rings (SSSR count). The van der Waals surface area contributed by atoms with Crippen LogP contribution in [0, 0.1) is 0 Å². The molecule has 0 aliphatic carbocycles. The van der Waals surface area contributed by atoms with Crippen LogP contribution in [-0.2, 0) is 25.6 Å². The van der Waals surface area contributed by atoms with Gasteiger partial charge in [0, 0.05) is 13.2 Å². The van der Waals surface area contributed by atoms with Gasteiger partial charge >= 0.3 is 5.97 Å². The fourth-order valence-corrected chi connectivity index (χ4v) is 1.55. The standard InChI is InChI=1S/C16H24O4/c1-16(2,3)20-15(17)13-19-11-7-10-18-12-14-8-5-4-6-9-14/h4-6,8-9H,7,10-13H2,1-3H3. The Morgan fingerprint density at radius 3 is 2.35 bits per heavy atom. The molecule has 0 aliphatic heterocycles. The molecule has 4 heteroatoms. The Balaban J connectivity index is 1.96. The molecule has 0 N–H and O–H groups in total. The summed E-state index contributed by atoms with van der Waals surface area (Å²) < 4.78 is 15.9. The Kier molecular flexibility index (Phi) is 7.26. The van der Waals surface area contributed by atoms with Crippen LogP contribution in [-0.4, -0.2) is 31.4 Å². The highest BCUT2D eigenvalue weighted by atomic mass is 16.6. The largest absolute Gasteiger partial charge is 0.458 e. The number of carbonyl (C=O) groups is 1. The first kappa shape index (κ1) is 16.7. The summed E-state index contributed by atoms with van der Waals surface area (Å²) >= 11 is 0. The second-order valence-corrected chi connectivity index (χ2v) is 5.53. The van der Waals surface area contributed by atoms with Crippen LogP contribution in [0.15, 0.2) is 30.3 Å². The summed E-state index contributed by atoms with van der Waals surface area (Å²) in [5, 5.41) is 0. The van der Waals surface area contributed by atoms with Gasteiger partial charge in [-0.25, -0.2) is 4.79 Å². The van der Waals surface area contributed by atoms with E-state index in [0.29, 0.717) is 19.8 Å².